The van der Waals surface area contributed by atoms with E-state index in [1.807, 2.05) is 0 Å². The van der Waals surface area contributed by atoms with Crippen LogP contribution in [0.3, 0.4) is 0 Å². The standard InChI is InChI=1S/C22H42O5/c1-3-5-7-9-11-13-15-19(21(23)24)17-27-18-20(22(25)26)16-14-12-10-8-6-4-2/h19-20H,3-18H2,1-2H3,(H,23,24)(H,25,26). The Labute approximate surface area is 165 Å². The third-order valence-electron chi connectivity index (χ3n) is 5.15. The van der Waals surface area contributed by atoms with E-state index in [1.165, 1.54) is 38.5 Å². The van der Waals surface area contributed by atoms with Gasteiger partial charge in [-0.15, -0.1) is 0 Å². The lowest BCUT2D eigenvalue weighted by molar-refractivity contribution is -0.146. The molecule has 0 aromatic carbocycles. The second kappa shape index (κ2) is 18.3. The van der Waals surface area contributed by atoms with Crippen molar-refractivity contribution in [3.63, 3.8) is 0 Å². The molecule has 0 aromatic rings. The molecule has 0 heterocycles. The summed E-state index contributed by atoms with van der Waals surface area (Å²) in [6.45, 7) is 4.58. The zero-order valence-electron chi connectivity index (χ0n) is 17.6. The van der Waals surface area contributed by atoms with Gasteiger partial charge in [0.25, 0.3) is 0 Å². The van der Waals surface area contributed by atoms with E-state index in [1.54, 1.807) is 0 Å². The second-order valence-electron chi connectivity index (χ2n) is 7.72. The van der Waals surface area contributed by atoms with Crippen LogP contribution >= 0.6 is 0 Å². The molecule has 0 saturated carbocycles. The van der Waals surface area contributed by atoms with E-state index < -0.39 is 23.8 Å². The van der Waals surface area contributed by atoms with E-state index in [-0.39, 0.29) is 13.2 Å². The van der Waals surface area contributed by atoms with E-state index in [0.717, 1.165) is 38.5 Å². The van der Waals surface area contributed by atoms with Crippen molar-refractivity contribution in [2.75, 3.05) is 13.2 Å². The second-order valence-corrected chi connectivity index (χ2v) is 7.72. The normalized spacial score (nSPS) is 13.4. The molecule has 0 spiro atoms. The Kier molecular flexibility index (Phi) is 17.5. The summed E-state index contributed by atoms with van der Waals surface area (Å²) in [5.41, 5.74) is 0. The lowest BCUT2D eigenvalue weighted by Gasteiger charge is -2.16. The predicted octanol–water partition coefficient (Wildman–Crippen LogP) is 5.91. The summed E-state index contributed by atoms with van der Waals surface area (Å²) in [4.78, 5) is 22.8. The average molecular weight is 387 g/mol. The van der Waals surface area contributed by atoms with Crippen LogP contribution in [0.4, 0.5) is 0 Å². The van der Waals surface area contributed by atoms with Crippen molar-refractivity contribution in [1.29, 1.82) is 0 Å². The van der Waals surface area contributed by atoms with Crippen molar-refractivity contribution >= 4 is 11.9 Å². The monoisotopic (exact) mass is 386 g/mol. The van der Waals surface area contributed by atoms with Gasteiger partial charge in [-0.25, -0.2) is 0 Å². The first-order chi connectivity index (χ1) is 13.0. The van der Waals surface area contributed by atoms with Gasteiger partial charge in [-0.3, -0.25) is 9.59 Å². The molecule has 0 saturated heterocycles. The van der Waals surface area contributed by atoms with E-state index in [2.05, 4.69) is 13.8 Å². The van der Waals surface area contributed by atoms with E-state index >= 15 is 0 Å². The number of hydrogen-bond donors (Lipinski definition) is 2. The molecule has 0 aliphatic rings. The molecule has 2 unspecified atom stereocenters. The minimum Gasteiger partial charge on any atom is -0.481 e. The van der Waals surface area contributed by atoms with Crippen molar-refractivity contribution in [1.82, 2.24) is 0 Å². The van der Waals surface area contributed by atoms with Gasteiger partial charge < -0.3 is 14.9 Å². The summed E-state index contributed by atoms with van der Waals surface area (Å²) in [5, 5.41) is 18.7. The number of unbranched alkanes of at least 4 members (excludes halogenated alkanes) is 10. The first-order valence-electron chi connectivity index (χ1n) is 11.1. The van der Waals surface area contributed by atoms with Gasteiger partial charge in [0.05, 0.1) is 25.0 Å². The van der Waals surface area contributed by atoms with E-state index in [0.29, 0.717) is 12.8 Å². The summed E-state index contributed by atoms with van der Waals surface area (Å²) in [6, 6.07) is 0. The number of hydrogen-bond acceptors (Lipinski definition) is 3. The quantitative estimate of drug-likeness (QED) is 0.254. The molecule has 0 rings (SSSR count). The number of carboxylic acid groups (broad SMARTS) is 2. The van der Waals surface area contributed by atoms with Gasteiger partial charge in [0.2, 0.25) is 0 Å². The number of carboxylic acids is 2. The van der Waals surface area contributed by atoms with Crippen molar-refractivity contribution < 1.29 is 24.5 Å². The van der Waals surface area contributed by atoms with Gasteiger partial charge in [-0.05, 0) is 12.8 Å². The Bertz CT molecular complexity index is 336. The van der Waals surface area contributed by atoms with Crippen molar-refractivity contribution in [3.8, 4) is 0 Å². The summed E-state index contributed by atoms with van der Waals surface area (Å²) < 4.78 is 5.51. The van der Waals surface area contributed by atoms with Gasteiger partial charge in [-0.1, -0.05) is 90.9 Å². The smallest absolute Gasteiger partial charge is 0.308 e. The zero-order chi connectivity index (χ0) is 20.3. The molecular weight excluding hydrogens is 344 g/mol. The van der Waals surface area contributed by atoms with Crippen LogP contribution in [-0.2, 0) is 14.3 Å². The third kappa shape index (κ3) is 15.6. The van der Waals surface area contributed by atoms with Crippen LogP contribution in [0.2, 0.25) is 0 Å². The van der Waals surface area contributed by atoms with Gasteiger partial charge in [0.15, 0.2) is 0 Å². The Morgan fingerprint density at radius 3 is 1.30 bits per heavy atom. The number of aliphatic carboxylic acids is 2. The molecule has 0 aliphatic carbocycles. The van der Waals surface area contributed by atoms with Crippen LogP contribution in [0.5, 0.6) is 0 Å². The molecule has 0 bridgehead atoms. The highest BCUT2D eigenvalue weighted by atomic mass is 16.5. The van der Waals surface area contributed by atoms with Crippen LogP contribution in [0.25, 0.3) is 0 Å². The number of ether oxygens (including phenoxy) is 1. The average Bonchev–Trinajstić information content (AvgIpc) is 2.63. The van der Waals surface area contributed by atoms with Crippen LogP contribution in [0.1, 0.15) is 104 Å². The number of rotatable bonds is 20. The topological polar surface area (TPSA) is 83.8 Å². The highest BCUT2D eigenvalue weighted by molar-refractivity contribution is 5.70. The molecule has 160 valence electrons. The summed E-state index contributed by atoms with van der Waals surface area (Å²) in [5.74, 6) is -2.74. The molecule has 5 nitrogen and oxygen atoms in total. The summed E-state index contributed by atoms with van der Waals surface area (Å²) >= 11 is 0. The lowest BCUT2D eigenvalue weighted by atomic mass is 10.00. The van der Waals surface area contributed by atoms with Crippen LogP contribution in [-0.4, -0.2) is 35.4 Å². The van der Waals surface area contributed by atoms with Crippen molar-refractivity contribution in [2.24, 2.45) is 11.8 Å². The van der Waals surface area contributed by atoms with Gasteiger partial charge in [0, 0.05) is 0 Å². The third-order valence-corrected chi connectivity index (χ3v) is 5.15. The molecule has 0 fully saturated rings. The predicted molar refractivity (Wildman–Crippen MR) is 109 cm³/mol. The van der Waals surface area contributed by atoms with Crippen molar-refractivity contribution in [3.05, 3.63) is 0 Å². The Hall–Kier alpha value is -1.10. The minimum atomic E-state index is -0.841. The first-order valence-corrected chi connectivity index (χ1v) is 11.1. The maximum Gasteiger partial charge on any atom is 0.308 e. The fourth-order valence-electron chi connectivity index (χ4n) is 3.25. The Morgan fingerprint density at radius 1 is 0.630 bits per heavy atom. The van der Waals surface area contributed by atoms with Gasteiger partial charge in [0.1, 0.15) is 0 Å². The molecule has 27 heavy (non-hydrogen) atoms. The highest BCUT2D eigenvalue weighted by Gasteiger charge is 2.21. The lowest BCUT2D eigenvalue weighted by Crippen LogP contribution is -2.25. The molecule has 0 amide bonds. The maximum absolute atomic E-state index is 11.4. The Morgan fingerprint density at radius 2 is 0.963 bits per heavy atom. The molecule has 0 radical (unpaired) electrons. The van der Waals surface area contributed by atoms with Crippen LogP contribution in [0.15, 0.2) is 0 Å². The molecular formula is C22H42O5. The summed E-state index contributed by atoms with van der Waals surface area (Å²) in [6.07, 6.45) is 14.7. The molecule has 0 aliphatic heterocycles. The molecule has 5 heteroatoms. The fraction of sp³-hybridized carbons (Fsp3) is 0.909. The van der Waals surface area contributed by atoms with Crippen LogP contribution in [0, 0.1) is 11.8 Å². The van der Waals surface area contributed by atoms with Gasteiger partial charge >= 0.3 is 11.9 Å². The molecule has 2 atom stereocenters. The zero-order valence-corrected chi connectivity index (χ0v) is 17.6. The molecule has 2 N–H and O–H groups in total. The van der Waals surface area contributed by atoms with Gasteiger partial charge in [-0.2, -0.15) is 0 Å². The highest BCUT2D eigenvalue weighted by Crippen LogP contribution is 2.16. The van der Waals surface area contributed by atoms with Crippen LogP contribution < -0.4 is 0 Å². The maximum atomic E-state index is 11.4. The van der Waals surface area contributed by atoms with E-state index in [4.69, 9.17) is 4.74 Å². The SMILES string of the molecule is CCCCCCCCC(COCC(CCCCCCCC)C(=O)O)C(=O)O. The molecule has 0 aromatic heterocycles. The fourth-order valence-corrected chi connectivity index (χ4v) is 3.25. The van der Waals surface area contributed by atoms with Crippen molar-refractivity contribution in [2.45, 2.75) is 104 Å². The Balaban J connectivity index is 3.99. The number of carbonyl (C=O) groups is 2. The van der Waals surface area contributed by atoms with E-state index in [9.17, 15) is 19.8 Å². The minimum absolute atomic E-state index is 0.116. The largest absolute Gasteiger partial charge is 0.481 e. The summed E-state index contributed by atoms with van der Waals surface area (Å²) in [7, 11) is 0. The first kappa shape index (κ1) is 25.9.